The molecule has 2 N–H and O–H groups in total. The van der Waals surface area contributed by atoms with Crippen LogP contribution < -0.4 is 10.6 Å². The fourth-order valence-corrected chi connectivity index (χ4v) is 2.47. The lowest BCUT2D eigenvalue weighted by Crippen LogP contribution is -2.45. The second-order valence-electron chi connectivity index (χ2n) is 5.16. The second-order valence-corrected chi connectivity index (χ2v) is 5.16. The Labute approximate surface area is 104 Å². The summed E-state index contributed by atoms with van der Waals surface area (Å²) < 4.78 is 5.75. The van der Waals surface area contributed by atoms with Gasteiger partial charge in [0.1, 0.15) is 0 Å². The van der Waals surface area contributed by atoms with Crippen LogP contribution in [0.5, 0.6) is 0 Å². The van der Waals surface area contributed by atoms with Gasteiger partial charge in [-0.05, 0) is 51.0 Å². The summed E-state index contributed by atoms with van der Waals surface area (Å²) in [7, 11) is 0. The summed E-state index contributed by atoms with van der Waals surface area (Å²) in [5.41, 5.74) is 10.7. The first-order chi connectivity index (χ1) is 7.97. The van der Waals surface area contributed by atoms with Gasteiger partial charge in [0.15, 0.2) is 0 Å². The zero-order valence-corrected chi connectivity index (χ0v) is 11.2. The van der Waals surface area contributed by atoms with E-state index in [1.807, 2.05) is 0 Å². The standard InChI is InChI=1S/C14H22N2O/c1-9-5-13(15)14(6-10(9)2)16-7-11(3)17-12(4)8-16/h5-6,11-12H,7-8,15H2,1-4H3/t11-,12-/m1/s1. The highest BCUT2D eigenvalue weighted by atomic mass is 16.5. The van der Waals surface area contributed by atoms with Crippen LogP contribution in [-0.2, 0) is 4.74 Å². The molecule has 0 aromatic heterocycles. The lowest BCUT2D eigenvalue weighted by molar-refractivity contribution is -0.00517. The molecule has 3 nitrogen and oxygen atoms in total. The zero-order valence-electron chi connectivity index (χ0n) is 11.2. The molecule has 0 amide bonds. The predicted molar refractivity (Wildman–Crippen MR) is 72.6 cm³/mol. The Hall–Kier alpha value is -1.22. The molecule has 0 radical (unpaired) electrons. The Balaban J connectivity index is 2.30. The number of nitrogens with two attached hydrogens (primary N) is 1. The molecule has 0 bridgehead atoms. The number of nitrogens with zero attached hydrogens (tertiary/aromatic N) is 1. The first-order valence-corrected chi connectivity index (χ1v) is 6.24. The summed E-state index contributed by atoms with van der Waals surface area (Å²) in [6.45, 7) is 10.3. The van der Waals surface area contributed by atoms with Gasteiger partial charge in [-0.15, -0.1) is 0 Å². The molecule has 1 aliphatic heterocycles. The lowest BCUT2D eigenvalue weighted by Gasteiger charge is -2.37. The van der Waals surface area contributed by atoms with E-state index in [2.05, 4.69) is 44.7 Å². The van der Waals surface area contributed by atoms with Crippen molar-refractivity contribution < 1.29 is 4.74 Å². The van der Waals surface area contributed by atoms with Crippen LogP contribution in [0.2, 0.25) is 0 Å². The summed E-state index contributed by atoms with van der Waals surface area (Å²) in [6, 6.07) is 4.25. The number of ether oxygens (including phenoxy) is 1. The van der Waals surface area contributed by atoms with E-state index in [0.717, 1.165) is 24.5 Å². The fourth-order valence-electron chi connectivity index (χ4n) is 2.47. The number of hydrogen-bond acceptors (Lipinski definition) is 3. The molecule has 0 aliphatic carbocycles. The molecule has 1 aliphatic rings. The van der Waals surface area contributed by atoms with Crippen molar-refractivity contribution in [3.63, 3.8) is 0 Å². The number of morpholine rings is 1. The Morgan fingerprint density at radius 2 is 1.65 bits per heavy atom. The van der Waals surface area contributed by atoms with Gasteiger partial charge in [0.2, 0.25) is 0 Å². The SMILES string of the molecule is Cc1cc(N)c(N2C[C@@H](C)O[C@H](C)C2)cc1C. The minimum absolute atomic E-state index is 0.264. The molecule has 0 spiro atoms. The van der Waals surface area contributed by atoms with Crippen molar-refractivity contribution in [2.45, 2.75) is 39.9 Å². The van der Waals surface area contributed by atoms with Gasteiger partial charge < -0.3 is 15.4 Å². The summed E-state index contributed by atoms with van der Waals surface area (Å²) >= 11 is 0. The highest BCUT2D eigenvalue weighted by molar-refractivity contribution is 5.70. The summed E-state index contributed by atoms with van der Waals surface area (Å²) in [5, 5.41) is 0. The van der Waals surface area contributed by atoms with E-state index in [0.29, 0.717) is 0 Å². The number of rotatable bonds is 1. The lowest BCUT2D eigenvalue weighted by atomic mass is 10.1. The Bertz CT molecular complexity index is 407. The van der Waals surface area contributed by atoms with Crippen LogP contribution in [0.4, 0.5) is 11.4 Å². The summed E-state index contributed by atoms with van der Waals surface area (Å²) in [6.07, 6.45) is 0.527. The maximum atomic E-state index is 6.13. The molecule has 1 aromatic rings. The van der Waals surface area contributed by atoms with Gasteiger partial charge in [0, 0.05) is 13.1 Å². The van der Waals surface area contributed by atoms with E-state index in [9.17, 15) is 0 Å². The molecule has 0 unspecified atom stereocenters. The van der Waals surface area contributed by atoms with E-state index in [1.165, 1.54) is 11.1 Å². The van der Waals surface area contributed by atoms with Gasteiger partial charge in [-0.3, -0.25) is 0 Å². The van der Waals surface area contributed by atoms with Gasteiger partial charge in [-0.2, -0.15) is 0 Å². The van der Waals surface area contributed by atoms with Crippen LogP contribution in [0.15, 0.2) is 12.1 Å². The highest BCUT2D eigenvalue weighted by Crippen LogP contribution is 2.29. The Kier molecular flexibility index (Phi) is 3.29. The van der Waals surface area contributed by atoms with E-state index >= 15 is 0 Å². The third-order valence-corrected chi connectivity index (χ3v) is 3.40. The van der Waals surface area contributed by atoms with E-state index in [1.54, 1.807) is 0 Å². The molecule has 1 aromatic carbocycles. The van der Waals surface area contributed by atoms with Crippen LogP contribution >= 0.6 is 0 Å². The van der Waals surface area contributed by atoms with Crippen molar-refractivity contribution in [2.75, 3.05) is 23.7 Å². The molecule has 94 valence electrons. The number of nitrogen functional groups attached to an aromatic ring is 1. The smallest absolute Gasteiger partial charge is 0.0726 e. The molecule has 1 heterocycles. The zero-order chi connectivity index (χ0) is 12.6. The van der Waals surface area contributed by atoms with Crippen LogP contribution in [0.1, 0.15) is 25.0 Å². The van der Waals surface area contributed by atoms with Crippen LogP contribution in [0.3, 0.4) is 0 Å². The van der Waals surface area contributed by atoms with Crippen molar-refractivity contribution >= 4 is 11.4 Å². The molecular weight excluding hydrogens is 212 g/mol. The molecular formula is C14H22N2O. The van der Waals surface area contributed by atoms with Gasteiger partial charge >= 0.3 is 0 Å². The average molecular weight is 234 g/mol. The summed E-state index contributed by atoms with van der Waals surface area (Å²) in [4.78, 5) is 2.33. The monoisotopic (exact) mass is 234 g/mol. The average Bonchev–Trinajstić information content (AvgIpc) is 2.22. The molecule has 2 atom stereocenters. The number of anilines is 2. The molecule has 2 rings (SSSR count). The largest absolute Gasteiger partial charge is 0.397 e. The Morgan fingerprint density at radius 3 is 2.24 bits per heavy atom. The number of hydrogen-bond donors (Lipinski definition) is 1. The third-order valence-electron chi connectivity index (χ3n) is 3.40. The van der Waals surface area contributed by atoms with Gasteiger partial charge in [0.05, 0.1) is 23.6 Å². The van der Waals surface area contributed by atoms with Gasteiger partial charge in [-0.1, -0.05) is 0 Å². The minimum Gasteiger partial charge on any atom is -0.397 e. The first-order valence-electron chi connectivity index (χ1n) is 6.24. The van der Waals surface area contributed by atoms with Crippen molar-refractivity contribution in [3.05, 3.63) is 23.3 Å². The van der Waals surface area contributed by atoms with Crippen molar-refractivity contribution in [2.24, 2.45) is 0 Å². The quantitative estimate of drug-likeness (QED) is 0.759. The topological polar surface area (TPSA) is 38.5 Å². The van der Waals surface area contributed by atoms with Gasteiger partial charge in [0.25, 0.3) is 0 Å². The van der Waals surface area contributed by atoms with Crippen molar-refractivity contribution in [1.29, 1.82) is 0 Å². The minimum atomic E-state index is 0.264. The normalized spacial score (nSPS) is 25.1. The molecule has 1 saturated heterocycles. The van der Waals surface area contributed by atoms with Crippen LogP contribution in [0, 0.1) is 13.8 Å². The molecule has 1 fully saturated rings. The highest BCUT2D eigenvalue weighted by Gasteiger charge is 2.23. The van der Waals surface area contributed by atoms with E-state index < -0.39 is 0 Å². The number of aryl methyl sites for hydroxylation is 2. The fraction of sp³-hybridized carbons (Fsp3) is 0.571. The van der Waals surface area contributed by atoms with E-state index in [4.69, 9.17) is 10.5 Å². The third kappa shape index (κ3) is 2.55. The van der Waals surface area contributed by atoms with Gasteiger partial charge in [-0.25, -0.2) is 0 Å². The first kappa shape index (κ1) is 12.2. The molecule has 0 saturated carbocycles. The van der Waals surface area contributed by atoms with Crippen molar-refractivity contribution in [3.8, 4) is 0 Å². The number of benzene rings is 1. The van der Waals surface area contributed by atoms with Crippen LogP contribution in [-0.4, -0.2) is 25.3 Å². The van der Waals surface area contributed by atoms with E-state index in [-0.39, 0.29) is 12.2 Å². The summed E-state index contributed by atoms with van der Waals surface area (Å²) in [5.74, 6) is 0. The van der Waals surface area contributed by atoms with Crippen molar-refractivity contribution in [1.82, 2.24) is 0 Å². The molecule has 3 heteroatoms. The van der Waals surface area contributed by atoms with Crippen LogP contribution in [0.25, 0.3) is 0 Å². The maximum absolute atomic E-state index is 6.13. The predicted octanol–water partition coefficient (Wildman–Crippen LogP) is 2.50. The molecule has 17 heavy (non-hydrogen) atoms. The maximum Gasteiger partial charge on any atom is 0.0726 e. The Morgan fingerprint density at radius 1 is 1.12 bits per heavy atom. The second kappa shape index (κ2) is 4.57.